The number of hydrogen-bond donors (Lipinski definition) is 3. The largest absolute Gasteiger partial charge is 0.481 e. The van der Waals surface area contributed by atoms with Gasteiger partial charge in [0.25, 0.3) is 0 Å². The molecule has 7 nitrogen and oxygen atoms in total. The van der Waals surface area contributed by atoms with Crippen LogP contribution in [0, 0.1) is 11.8 Å². The van der Waals surface area contributed by atoms with Crippen molar-refractivity contribution in [3.8, 4) is 11.1 Å². The average Bonchev–Trinajstić information content (AvgIpc) is 3.44. The molecule has 3 N–H and O–H groups in total. The number of nitrogens with one attached hydrogen (secondary N) is 2. The molecule has 1 saturated carbocycles. The van der Waals surface area contributed by atoms with E-state index >= 15 is 0 Å². The summed E-state index contributed by atoms with van der Waals surface area (Å²) in [7, 11) is 0. The van der Waals surface area contributed by atoms with Crippen LogP contribution in [0.1, 0.15) is 56.1 Å². The molecular formula is C27H32N2O5. The smallest absolute Gasteiger partial charge is 0.407 e. The van der Waals surface area contributed by atoms with E-state index in [-0.39, 0.29) is 42.7 Å². The third-order valence-corrected chi connectivity index (χ3v) is 7.13. The van der Waals surface area contributed by atoms with Gasteiger partial charge in [0.05, 0.1) is 5.92 Å². The number of carboxylic acid groups (broad SMARTS) is 1. The fraction of sp³-hybridized carbons (Fsp3) is 0.444. The molecule has 0 radical (unpaired) electrons. The Bertz CT molecular complexity index is 1010. The van der Waals surface area contributed by atoms with E-state index in [1.165, 1.54) is 11.1 Å². The van der Waals surface area contributed by atoms with Gasteiger partial charge in [-0.05, 0) is 47.4 Å². The molecule has 2 aromatic rings. The number of carboxylic acids is 1. The monoisotopic (exact) mass is 464 g/mol. The van der Waals surface area contributed by atoms with Gasteiger partial charge in [0.15, 0.2) is 0 Å². The molecule has 7 heteroatoms. The first-order valence-electron chi connectivity index (χ1n) is 12.1. The summed E-state index contributed by atoms with van der Waals surface area (Å²) >= 11 is 0. The number of ether oxygens (including phenoxy) is 1. The molecule has 2 aliphatic carbocycles. The fourth-order valence-electron chi connectivity index (χ4n) is 5.25. The van der Waals surface area contributed by atoms with Crippen LogP contribution >= 0.6 is 0 Å². The van der Waals surface area contributed by atoms with Crippen LogP contribution in [0.5, 0.6) is 0 Å². The van der Waals surface area contributed by atoms with E-state index in [9.17, 15) is 19.5 Å². The van der Waals surface area contributed by atoms with Gasteiger partial charge in [-0.15, -0.1) is 0 Å². The molecule has 4 rings (SSSR count). The van der Waals surface area contributed by atoms with Crippen LogP contribution < -0.4 is 10.6 Å². The first-order valence-corrected chi connectivity index (χ1v) is 12.1. The first kappa shape index (κ1) is 23.8. The normalized spacial score (nSPS) is 19.7. The van der Waals surface area contributed by atoms with E-state index in [4.69, 9.17) is 4.74 Å². The Morgan fingerprint density at radius 1 is 1.03 bits per heavy atom. The van der Waals surface area contributed by atoms with Crippen molar-refractivity contribution in [2.24, 2.45) is 11.8 Å². The summed E-state index contributed by atoms with van der Waals surface area (Å²) in [5.74, 6) is -1.42. The first-order chi connectivity index (χ1) is 16.5. The number of alkyl carbamates (subject to hydrolysis) is 1. The molecule has 3 atom stereocenters. The topological polar surface area (TPSA) is 105 Å². The lowest BCUT2D eigenvalue weighted by Gasteiger charge is -2.20. The lowest BCUT2D eigenvalue weighted by atomic mass is 9.96. The minimum absolute atomic E-state index is 0.0184. The molecule has 34 heavy (non-hydrogen) atoms. The third kappa shape index (κ3) is 5.24. The van der Waals surface area contributed by atoms with Crippen molar-refractivity contribution in [1.82, 2.24) is 10.6 Å². The van der Waals surface area contributed by atoms with Crippen LogP contribution in [-0.2, 0) is 14.3 Å². The van der Waals surface area contributed by atoms with Crippen LogP contribution in [0.2, 0.25) is 0 Å². The van der Waals surface area contributed by atoms with Gasteiger partial charge in [-0.25, -0.2) is 4.79 Å². The maximum Gasteiger partial charge on any atom is 0.407 e. The molecule has 1 fully saturated rings. The molecule has 0 bridgehead atoms. The SMILES string of the molecule is CC[C@@H](CC(=O)NCC1CCCC1C(=O)O)NC(=O)OCC1c2ccccc2-c2ccccc21. The Kier molecular flexibility index (Phi) is 7.50. The number of rotatable bonds is 9. The van der Waals surface area contributed by atoms with E-state index in [0.717, 1.165) is 24.0 Å². The molecule has 0 saturated heterocycles. The highest BCUT2D eigenvalue weighted by molar-refractivity contribution is 5.79. The number of carbonyl (C=O) groups is 3. The summed E-state index contributed by atoms with van der Waals surface area (Å²) in [6.45, 7) is 2.48. The van der Waals surface area contributed by atoms with Gasteiger partial charge in [-0.2, -0.15) is 0 Å². The zero-order valence-electron chi connectivity index (χ0n) is 19.5. The van der Waals surface area contributed by atoms with Gasteiger partial charge in [-0.1, -0.05) is 61.9 Å². The second kappa shape index (κ2) is 10.7. The van der Waals surface area contributed by atoms with Crippen molar-refractivity contribution in [2.75, 3.05) is 13.2 Å². The highest BCUT2D eigenvalue weighted by Gasteiger charge is 2.33. The summed E-state index contributed by atoms with van der Waals surface area (Å²) in [5.41, 5.74) is 4.63. The zero-order valence-corrected chi connectivity index (χ0v) is 19.5. The molecule has 2 unspecified atom stereocenters. The Hall–Kier alpha value is -3.35. The zero-order chi connectivity index (χ0) is 24.1. The highest BCUT2D eigenvalue weighted by atomic mass is 16.5. The highest BCUT2D eigenvalue weighted by Crippen LogP contribution is 2.44. The van der Waals surface area contributed by atoms with E-state index in [1.807, 2.05) is 31.2 Å². The summed E-state index contributed by atoms with van der Waals surface area (Å²) in [5, 5.41) is 15.0. The molecule has 0 aromatic heterocycles. The number of fused-ring (bicyclic) bond motifs is 3. The lowest BCUT2D eigenvalue weighted by molar-refractivity contribution is -0.143. The maximum absolute atomic E-state index is 12.5. The fourth-order valence-corrected chi connectivity index (χ4v) is 5.25. The lowest BCUT2D eigenvalue weighted by Crippen LogP contribution is -2.41. The Balaban J connectivity index is 1.27. The van der Waals surface area contributed by atoms with Gasteiger partial charge < -0.3 is 20.5 Å². The summed E-state index contributed by atoms with van der Waals surface area (Å²) in [4.78, 5) is 36.3. The van der Waals surface area contributed by atoms with E-state index in [0.29, 0.717) is 19.4 Å². The van der Waals surface area contributed by atoms with Crippen molar-refractivity contribution in [2.45, 2.75) is 51.0 Å². The Morgan fingerprint density at radius 3 is 2.29 bits per heavy atom. The number of benzene rings is 2. The van der Waals surface area contributed by atoms with Gasteiger partial charge in [0.2, 0.25) is 5.91 Å². The minimum Gasteiger partial charge on any atom is -0.481 e. The minimum atomic E-state index is -0.792. The van der Waals surface area contributed by atoms with Crippen LogP contribution in [-0.4, -0.2) is 42.3 Å². The van der Waals surface area contributed by atoms with Crippen LogP contribution in [0.3, 0.4) is 0 Å². The standard InChI is InChI=1S/C27H32N2O5/c1-2-18(14-25(30)28-15-17-8-7-13-19(17)26(31)32)29-27(33)34-16-24-22-11-5-3-9-20(22)21-10-4-6-12-23(21)24/h3-6,9-12,17-19,24H,2,7-8,13-16H2,1H3,(H,28,30)(H,29,33)(H,31,32)/t17?,18-,19?/m0/s1. The van der Waals surface area contributed by atoms with Gasteiger partial charge >= 0.3 is 12.1 Å². The second-order valence-corrected chi connectivity index (χ2v) is 9.22. The molecule has 0 aliphatic heterocycles. The quantitative estimate of drug-likeness (QED) is 0.513. The number of carbonyl (C=O) groups excluding carboxylic acids is 2. The molecule has 2 aliphatic rings. The Morgan fingerprint density at radius 2 is 1.68 bits per heavy atom. The van der Waals surface area contributed by atoms with E-state index < -0.39 is 12.1 Å². The van der Waals surface area contributed by atoms with Crippen LogP contribution in [0.15, 0.2) is 48.5 Å². The van der Waals surface area contributed by atoms with Crippen molar-refractivity contribution < 1.29 is 24.2 Å². The van der Waals surface area contributed by atoms with Crippen molar-refractivity contribution in [1.29, 1.82) is 0 Å². The molecule has 0 heterocycles. The van der Waals surface area contributed by atoms with E-state index in [2.05, 4.69) is 34.9 Å². The van der Waals surface area contributed by atoms with E-state index in [1.54, 1.807) is 0 Å². The molecular weight excluding hydrogens is 432 g/mol. The average molecular weight is 465 g/mol. The van der Waals surface area contributed by atoms with Crippen molar-refractivity contribution >= 4 is 18.0 Å². The second-order valence-electron chi connectivity index (χ2n) is 9.22. The predicted octanol–water partition coefficient (Wildman–Crippen LogP) is 4.31. The molecule has 0 spiro atoms. The molecule has 2 aromatic carbocycles. The Labute approximate surface area is 199 Å². The summed E-state index contributed by atoms with van der Waals surface area (Å²) in [6.07, 6.45) is 2.52. The van der Waals surface area contributed by atoms with Gasteiger partial charge in [-0.3, -0.25) is 9.59 Å². The summed E-state index contributed by atoms with van der Waals surface area (Å²) < 4.78 is 5.59. The molecule has 2 amide bonds. The molecule has 180 valence electrons. The predicted molar refractivity (Wildman–Crippen MR) is 128 cm³/mol. The number of aliphatic carboxylic acids is 1. The number of amides is 2. The van der Waals surface area contributed by atoms with Gasteiger partial charge in [0, 0.05) is 24.9 Å². The van der Waals surface area contributed by atoms with Crippen LogP contribution in [0.4, 0.5) is 4.79 Å². The summed E-state index contributed by atoms with van der Waals surface area (Å²) in [6, 6.07) is 16.0. The third-order valence-electron chi connectivity index (χ3n) is 7.13. The van der Waals surface area contributed by atoms with Crippen molar-refractivity contribution in [3.05, 3.63) is 59.7 Å². The maximum atomic E-state index is 12.5. The van der Waals surface area contributed by atoms with Gasteiger partial charge in [0.1, 0.15) is 6.61 Å². The van der Waals surface area contributed by atoms with Crippen molar-refractivity contribution in [3.63, 3.8) is 0 Å². The number of hydrogen-bond acceptors (Lipinski definition) is 4. The van der Waals surface area contributed by atoms with Crippen LogP contribution in [0.25, 0.3) is 11.1 Å².